The molecule has 1 aliphatic heterocycles. The van der Waals surface area contributed by atoms with Gasteiger partial charge < -0.3 is 11.1 Å². The molecular formula is C20H23N3O2. The van der Waals surface area contributed by atoms with E-state index >= 15 is 0 Å². The van der Waals surface area contributed by atoms with Gasteiger partial charge in [0.25, 0.3) is 5.91 Å². The minimum atomic E-state index is -0.508. The second-order valence-electron chi connectivity index (χ2n) is 6.59. The topological polar surface area (TPSA) is 75.4 Å². The maximum atomic E-state index is 12.6. The number of hydrogen-bond donors (Lipinski definition) is 2. The maximum Gasteiger partial charge on any atom is 0.255 e. The lowest BCUT2D eigenvalue weighted by Crippen LogP contribution is -2.19. The maximum absolute atomic E-state index is 12.6. The summed E-state index contributed by atoms with van der Waals surface area (Å²) in [5.74, 6) is -0.698. The first-order chi connectivity index (χ1) is 12.0. The first-order valence-electron chi connectivity index (χ1n) is 8.55. The van der Waals surface area contributed by atoms with Crippen LogP contribution in [0.1, 0.15) is 44.7 Å². The van der Waals surface area contributed by atoms with Gasteiger partial charge >= 0.3 is 0 Å². The average molecular weight is 337 g/mol. The number of benzene rings is 2. The summed E-state index contributed by atoms with van der Waals surface area (Å²) < 4.78 is 0. The van der Waals surface area contributed by atoms with Crippen molar-refractivity contribution in [2.45, 2.75) is 26.3 Å². The van der Waals surface area contributed by atoms with Crippen LogP contribution >= 0.6 is 0 Å². The first kappa shape index (κ1) is 17.2. The second kappa shape index (κ2) is 7.49. The van der Waals surface area contributed by atoms with Crippen LogP contribution in [0.3, 0.4) is 0 Å². The summed E-state index contributed by atoms with van der Waals surface area (Å²) in [5.41, 5.74) is 8.91. The van der Waals surface area contributed by atoms with Crippen LogP contribution in [0, 0.1) is 6.92 Å². The third-order valence-corrected chi connectivity index (χ3v) is 4.41. The van der Waals surface area contributed by atoms with Gasteiger partial charge in [0.1, 0.15) is 0 Å². The van der Waals surface area contributed by atoms with Crippen LogP contribution in [-0.4, -0.2) is 29.8 Å². The number of nitrogens with one attached hydrogen (secondary N) is 1. The van der Waals surface area contributed by atoms with Gasteiger partial charge in [-0.3, -0.25) is 14.5 Å². The SMILES string of the molecule is Cc1cc(NC(=O)c2cccc(CN3CCCC3)c2)cc(C(N)=O)c1. The summed E-state index contributed by atoms with van der Waals surface area (Å²) >= 11 is 0. The van der Waals surface area contributed by atoms with E-state index in [0.717, 1.165) is 30.8 Å². The van der Waals surface area contributed by atoms with Gasteiger partial charge in [-0.1, -0.05) is 12.1 Å². The molecule has 1 saturated heterocycles. The zero-order chi connectivity index (χ0) is 17.8. The predicted octanol–water partition coefficient (Wildman–Crippen LogP) is 2.94. The lowest BCUT2D eigenvalue weighted by atomic mass is 10.1. The number of carbonyl (C=O) groups is 2. The molecule has 2 amide bonds. The van der Waals surface area contributed by atoms with Crippen LogP contribution in [-0.2, 0) is 6.54 Å². The van der Waals surface area contributed by atoms with E-state index in [9.17, 15) is 9.59 Å². The molecule has 0 aliphatic carbocycles. The van der Waals surface area contributed by atoms with Crippen LogP contribution in [0.25, 0.3) is 0 Å². The molecule has 1 aliphatic rings. The Bertz CT molecular complexity index is 795. The third-order valence-electron chi connectivity index (χ3n) is 4.41. The zero-order valence-electron chi connectivity index (χ0n) is 14.4. The molecule has 1 fully saturated rings. The van der Waals surface area contributed by atoms with Crippen molar-refractivity contribution >= 4 is 17.5 Å². The summed E-state index contributed by atoms with van der Waals surface area (Å²) in [5, 5.41) is 2.85. The normalized spacial score (nSPS) is 14.4. The number of likely N-dealkylation sites (tertiary alicyclic amines) is 1. The van der Waals surface area contributed by atoms with E-state index in [4.69, 9.17) is 5.73 Å². The molecule has 0 atom stereocenters. The average Bonchev–Trinajstić information content (AvgIpc) is 3.07. The van der Waals surface area contributed by atoms with E-state index in [1.165, 1.54) is 12.8 Å². The number of aryl methyl sites for hydroxylation is 1. The van der Waals surface area contributed by atoms with E-state index in [0.29, 0.717) is 16.8 Å². The van der Waals surface area contributed by atoms with Crippen molar-refractivity contribution in [2.24, 2.45) is 5.73 Å². The van der Waals surface area contributed by atoms with Crippen molar-refractivity contribution < 1.29 is 9.59 Å². The molecule has 0 bridgehead atoms. The Morgan fingerprint density at radius 2 is 1.84 bits per heavy atom. The van der Waals surface area contributed by atoms with Gasteiger partial charge in [-0.05, 0) is 74.3 Å². The summed E-state index contributed by atoms with van der Waals surface area (Å²) in [7, 11) is 0. The zero-order valence-corrected chi connectivity index (χ0v) is 14.4. The van der Waals surface area contributed by atoms with E-state index in [2.05, 4.69) is 10.2 Å². The van der Waals surface area contributed by atoms with Gasteiger partial charge in [0.15, 0.2) is 0 Å². The Morgan fingerprint density at radius 1 is 1.08 bits per heavy atom. The lowest BCUT2D eigenvalue weighted by molar-refractivity contribution is 0.0996. The number of rotatable bonds is 5. The predicted molar refractivity (Wildman–Crippen MR) is 98.6 cm³/mol. The molecule has 25 heavy (non-hydrogen) atoms. The molecule has 0 unspecified atom stereocenters. The number of carbonyl (C=O) groups excluding carboxylic acids is 2. The molecule has 3 N–H and O–H groups in total. The highest BCUT2D eigenvalue weighted by Crippen LogP contribution is 2.17. The van der Waals surface area contributed by atoms with E-state index in [1.807, 2.05) is 31.2 Å². The molecule has 5 heteroatoms. The summed E-state index contributed by atoms with van der Waals surface area (Å²) in [6.45, 7) is 4.97. The first-order valence-corrected chi connectivity index (χ1v) is 8.55. The molecule has 0 radical (unpaired) electrons. The minimum absolute atomic E-state index is 0.190. The van der Waals surface area contributed by atoms with Crippen molar-refractivity contribution in [3.05, 3.63) is 64.7 Å². The monoisotopic (exact) mass is 337 g/mol. The highest BCUT2D eigenvalue weighted by atomic mass is 16.2. The lowest BCUT2D eigenvalue weighted by Gasteiger charge is -2.15. The fourth-order valence-corrected chi connectivity index (χ4v) is 3.21. The van der Waals surface area contributed by atoms with E-state index in [-0.39, 0.29) is 5.91 Å². The standard InChI is InChI=1S/C20H23N3O2/c1-14-9-17(19(21)24)12-18(10-14)22-20(25)16-6-4-5-15(11-16)13-23-7-2-3-8-23/h4-6,9-12H,2-3,7-8,13H2,1H3,(H2,21,24)(H,22,25). The Labute approximate surface area is 147 Å². The number of amides is 2. The van der Waals surface area contributed by atoms with Crippen LogP contribution in [0.15, 0.2) is 42.5 Å². The van der Waals surface area contributed by atoms with Crippen LogP contribution in [0.2, 0.25) is 0 Å². The quantitative estimate of drug-likeness (QED) is 0.881. The van der Waals surface area contributed by atoms with Crippen LogP contribution in [0.4, 0.5) is 5.69 Å². The van der Waals surface area contributed by atoms with Crippen molar-refractivity contribution in [1.29, 1.82) is 0 Å². The molecular weight excluding hydrogens is 314 g/mol. The Hall–Kier alpha value is -2.66. The Kier molecular flexibility index (Phi) is 5.14. The summed E-state index contributed by atoms with van der Waals surface area (Å²) in [6.07, 6.45) is 2.49. The molecule has 3 rings (SSSR count). The van der Waals surface area contributed by atoms with Crippen molar-refractivity contribution in [2.75, 3.05) is 18.4 Å². The summed E-state index contributed by atoms with van der Waals surface area (Å²) in [6, 6.07) is 12.8. The van der Waals surface area contributed by atoms with Crippen molar-refractivity contribution in [3.63, 3.8) is 0 Å². The highest BCUT2D eigenvalue weighted by Gasteiger charge is 2.13. The van der Waals surface area contributed by atoms with Crippen molar-refractivity contribution in [3.8, 4) is 0 Å². The molecule has 2 aromatic carbocycles. The fraction of sp³-hybridized carbons (Fsp3) is 0.300. The van der Waals surface area contributed by atoms with Gasteiger partial charge in [0.05, 0.1) is 0 Å². The number of anilines is 1. The van der Waals surface area contributed by atoms with Gasteiger partial charge in [-0.25, -0.2) is 0 Å². The smallest absolute Gasteiger partial charge is 0.255 e. The van der Waals surface area contributed by atoms with E-state index in [1.54, 1.807) is 18.2 Å². The van der Waals surface area contributed by atoms with E-state index < -0.39 is 5.91 Å². The molecule has 2 aromatic rings. The Morgan fingerprint density at radius 3 is 2.56 bits per heavy atom. The van der Waals surface area contributed by atoms with Gasteiger partial charge in [0, 0.05) is 23.4 Å². The second-order valence-corrected chi connectivity index (χ2v) is 6.59. The van der Waals surface area contributed by atoms with Crippen molar-refractivity contribution in [1.82, 2.24) is 4.90 Å². The number of nitrogens with two attached hydrogens (primary N) is 1. The van der Waals surface area contributed by atoms with Gasteiger partial charge in [0.2, 0.25) is 5.91 Å². The van der Waals surface area contributed by atoms with Gasteiger partial charge in [-0.15, -0.1) is 0 Å². The molecule has 0 spiro atoms. The summed E-state index contributed by atoms with van der Waals surface area (Å²) in [4.78, 5) is 26.3. The fourth-order valence-electron chi connectivity index (χ4n) is 3.21. The number of primary amides is 1. The third kappa shape index (κ3) is 4.45. The number of hydrogen-bond acceptors (Lipinski definition) is 3. The van der Waals surface area contributed by atoms with Gasteiger partial charge in [-0.2, -0.15) is 0 Å². The molecule has 130 valence electrons. The molecule has 0 aromatic heterocycles. The molecule has 1 heterocycles. The minimum Gasteiger partial charge on any atom is -0.366 e. The number of nitrogens with zero attached hydrogens (tertiary/aromatic N) is 1. The largest absolute Gasteiger partial charge is 0.366 e. The Balaban J connectivity index is 1.74. The molecule has 5 nitrogen and oxygen atoms in total. The van der Waals surface area contributed by atoms with Crippen LogP contribution in [0.5, 0.6) is 0 Å². The molecule has 0 saturated carbocycles. The van der Waals surface area contributed by atoms with Crippen LogP contribution < -0.4 is 11.1 Å². The highest BCUT2D eigenvalue weighted by molar-refractivity contribution is 6.05.